The van der Waals surface area contributed by atoms with Gasteiger partial charge in [-0.1, -0.05) is 12.5 Å². The summed E-state index contributed by atoms with van der Waals surface area (Å²) in [5.41, 5.74) is -0.326. The molecule has 1 amide bonds. The number of aliphatic carboxylic acids is 1. The first-order chi connectivity index (χ1) is 9.13. The summed E-state index contributed by atoms with van der Waals surface area (Å²) >= 11 is 0. The van der Waals surface area contributed by atoms with Crippen LogP contribution in [0.25, 0.3) is 0 Å². The molecule has 2 atom stereocenters. The van der Waals surface area contributed by atoms with Gasteiger partial charge >= 0.3 is 5.97 Å². The van der Waals surface area contributed by atoms with Crippen LogP contribution in [0.15, 0.2) is 24.4 Å². The minimum absolute atomic E-state index is 0.0951. The third-order valence-electron chi connectivity index (χ3n) is 4.47. The van der Waals surface area contributed by atoms with Crippen molar-refractivity contribution in [3.8, 4) is 0 Å². The lowest BCUT2D eigenvalue weighted by Crippen LogP contribution is -2.37. The van der Waals surface area contributed by atoms with E-state index >= 15 is 0 Å². The van der Waals surface area contributed by atoms with E-state index in [1.54, 1.807) is 29.3 Å². The molecule has 0 bridgehead atoms. The molecule has 1 N–H and O–H groups in total. The Morgan fingerprint density at radius 2 is 2.26 bits per heavy atom. The van der Waals surface area contributed by atoms with Gasteiger partial charge in [-0.15, -0.1) is 0 Å². The van der Waals surface area contributed by atoms with Gasteiger partial charge in [0.15, 0.2) is 0 Å². The Bertz CT molecular complexity index is 517. The lowest BCUT2D eigenvalue weighted by Gasteiger charge is -2.23. The summed E-state index contributed by atoms with van der Waals surface area (Å²) in [7, 11) is 0. The number of carbonyl (C=O) groups excluding carboxylic acids is 1. The first-order valence-electron chi connectivity index (χ1n) is 6.57. The monoisotopic (exact) mass is 260 g/mol. The molecular weight excluding hydrogens is 244 g/mol. The smallest absolute Gasteiger partial charge is 0.311 e. The highest BCUT2D eigenvalue weighted by Gasteiger charge is 2.55. The van der Waals surface area contributed by atoms with Crippen molar-refractivity contribution in [1.82, 2.24) is 9.88 Å². The van der Waals surface area contributed by atoms with E-state index in [0.717, 1.165) is 12.8 Å². The van der Waals surface area contributed by atoms with E-state index in [2.05, 4.69) is 4.98 Å². The van der Waals surface area contributed by atoms with E-state index in [1.165, 1.54) is 0 Å². The zero-order chi connectivity index (χ0) is 13.5. The molecule has 2 aliphatic rings. The third-order valence-corrected chi connectivity index (χ3v) is 4.47. The van der Waals surface area contributed by atoms with E-state index in [1.807, 2.05) is 0 Å². The van der Waals surface area contributed by atoms with Crippen molar-refractivity contribution in [2.45, 2.75) is 19.3 Å². The molecule has 5 heteroatoms. The van der Waals surface area contributed by atoms with E-state index in [-0.39, 0.29) is 11.8 Å². The van der Waals surface area contributed by atoms with Crippen LogP contribution in [-0.4, -0.2) is 40.0 Å². The highest BCUT2D eigenvalue weighted by molar-refractivity contribution is 5.93. The van der Waals surface area contributed by atoms with Gasteiger partial charge in [0.2, 0.25) is 0 Å². The molecule has 2 heterocycles. The molecule has 1 aromatic rings. The summed E-state index contributed by atoms with van der Waals surface area (Å²) in [6.07, 6.45) is 4.11. The average molecular weight is 260 g/mol. The maximum absolute atomic E-state index is 12.3. The number of fused-ring (bicyclic) bond motifs is 1. The third kappa shape index (κ3) is 1.80. The van der Waals surface area contributed by atoms with Crippen molar-refractivity contribution in [3.63, 3.8) is 0 Å². The van der Waals surface area contributed by atoms with E-state index in [0.29, 0.717) is 25.2 Å². The predicted octanol–water partition coefficient (Wildman–Crippen LogP) is 1.41. The fraction of sp³-hybridized carbons (Fsp3) is 0.500. The standard InChI is InChI=1S/C14H16N2O3/c17-12(11-5-1-2-7-15-11)16-8-10-4-3-6-14(10,9-16)13(18)19/h1-2,5,7,10H,3-4,6,8-9H2,(H,18,19)/t10-,14+/m0/s1. The second kappa shape index (κ2) is 4.33. The highest BCUT2D eigenvalue weighted by atomic mass is 16.4. The summed E-state index contributed by atoms with van der Waals surface area (Å²) in [4.78, 5) is 29.6. The maximum Gasteiger partial charge on any atom is 0.311 e. The second-order valence-electron chi connectivity index (χ2n) is 5.45. The van der Waals surface area contributed by atoms with Crippen molar-refractivity contribution in [2.24, 2.45) is 11.3 Å². The summed E-state index contributed by atoms with van der Waals surface area (Å²) in [6.45, 7) is 0.865. The van der Waals surface area contributed by atoms with Crippen LogP contribution >= 0.6 is 0 Å². The zero-order valence-corrected chi connectivity index (χ0v) is 10.6. The highest BCUT2D eigenvalue weighted by Crippen LogP contribution is 2.49. The Kier molecular flexibility index (Phi) is 2.77. The zero-order valence-electron chi connectivity index (χ0n) is 10.6. The Hall–Kier alpha value is -1.91. The minimum atomic E-state index is -0.758. The quantitative estimate of drug-likeness (QED) is 0.872. The number of nitrogens with zero attached hydrogens (tertiary/aromatic N) is 2. The number of aromatic nitrogens is 1. The van der Waals surface area contributed by atoms with Gasteiger partial charge in [0.05, 0.1) is 5.41 Å². The Balaban J connectivity index is 1.83. The van der Waals surface area contributed by atoms with Crippen LogP contribution < -0.4 is 0 Å². The maximum atomic E-state index is 12.3. The molecule has 5 nitrogen and oxygen atoms in total. The van der Waals surface area contributed by atoms with Gasteiger partial charge in [-0.2, -0.15) is 0 Å². The topological polar surface area (TPSA) is 70.5 Å². The van der Waals surface area contributed by atoms with Crippen molar-refractivity contribution in [2.75, 3.05) is 13.1 Å². The molecule has 0 spiro atoms. The molecule has 0 unspecified atom stereocenters. The lowest BCUT2D eigenvalue weighted by atomic mass is 9.81. The van der Waals surface area contributed by atoms with Crippen LogP contribution in [-0.2, 0) is 4.79 Å². The molecule has 1 aliphatic heterocycles. The number of likely N-dealkylation sites (tertiary alicyclic amines) is 1. The van der Waals surface area contributed by atoms with Crippen LogP contribution in [0.5, 0.6) is 0 Å². The number of carboxylic acids is 1. The van der Waals surface area contributed by atoms with Crippen molar-refractivity contribution in [3.05, 3.63) is 30.1 Å². The van der Waals surface area contributed by atoms with Crippen LogP contribution in [0.3, 0.4) is 0 Å². The second-order valence-corrected chi connectivity index (χ2v) is 5.45. The number of rotatable bonds is 2. The minimum Gasteiger partial charge on any atom is -0.481 e. The van der Waals surface area contributed by atoms with Gasteiger partial charge in [0, 0.05) is 19.3 Å². The molecule has 0 radical (unpaired) electrons. The van der Waals surface area contributed by atoms with Crippen molar-refractivity contribution in [1.29, 1.82) is 0 Å². The van der Waals surface area contributed by atoms with Gasteiger partial charge in [0.25, 0.3) is 5.91 Å². The molecule has 3 rings (SSSR count). The number of carbonyl (C=O) groups is 2. The van der Waals surface area contributed by atoms with E-state index in [9.17, 15) is 14.7 Å². The van der Waals surface area contributed by atoms with Gasteiger partial charge in [-0.25, -0.2) is 0 Å². The van der Waals surface area contributed by atoms with Gasteiger partial charge < -0.3 is 10.0 Å². The Morgan fingerprint density at radius 1 is 1.42 bits per heavy atom. The first-order valence-corrected chi connectivity index (χ1v) is 6.57. The molecular formula is C14H16N2O3. The molecule has 1 saturated heterocycles. The van der Waals surface area contributed by atoms with Crippen LogP contribution in [0.2, 0.25) is 0 Å². The van der Waals surface area contributed by atoms with Crippen molar-refractivity contribution < 1.29 is 14.7 Å². The fourth-order valence-electron chi connectivity index (χ4n) is 3.44. The predicted molar refractivity (Wildman–Crippen MR) is 67.6 cm³/mol. The Labute approximate surface area is 111 Å². The lowest BCUT2D eigenvalue weighted by molar-refractivity contribution is -0.149. The van der Waals surface area contributed by atoms with Gasteiger partial charge in [0.1, 0.15) is 5.69 Å². The van der Waals surface area contributed by atoms with E-state index in [4.69, 9.17) is 0 Å². The average Bonchev–Trinajstić information content (AvgIpc) is 2.96. The summed E-state index contributed by atoms with van der Waals surface area (Å²) in [5.74, 6) is -0.820. The number of pyridine rings is 1. The van der Waals surface area contributed by atoms with Gasteiger partial charge in [-0.05, 0) is 30.9 Å². The first kappa shape index (κ1) is 12.1. The van der Waals surface area contributed by atoms with Crippen LogP contribution in [0.1, 0.15) is 29.8 Å². The van der Waals surface area contributed by atoms with Gasteiger partial charge in [-0.3, -0.25) is 14.6 Å². The largest absolute Gasteiger partial charge is 0.481 e. The molecule has 19 heavy (non-hydrogen) atoms. The molecule has 1 aromatic heterocycles. The summed E-state index contributed by atoms with van der Waals surface area (Å²) < 4.78 is 0. The molecule has 0 aromatic carbocycles. The SMILES string of the molecule is O=C(c1ccccn1)N1C[C@@H]2CCC[C@@]2(C(=O)O)C1. The Morgan fingerprint density at radius 3 is 2.89 bits per heavy atom. The number of carboxylic acid groups (broad SMARTS) is 1. The van der Waals surface area contributed by atoms with Crippen molar-refractivity contribution >= 4 is 11.9 Å². The molecule has 1 aliphatic carbocycles. The molecule has 2 fully saturated rings. The summed E-state index contributed by atoms with van der Waals surface area (Å²) in [6, 6.07) is 5.20. The fourth-order valence-corrected chi connectivity index (χ4v) is 3.44. The van der Waals surface area contributed by atoms with Crippen LogP contribution in [0.4, 0.5) is 0 Å². The van der Waals surface area contributed by atoms with Crippen LogP contribution in [0, 0.1) is 11.3 Å². The normalized spacial score (nSPS) is 29.3. The molecule has 1 saturated carbocycles. The number of hydrogen-bond donors (Lipinski definition) is 1. The number of hydrogen-bond acceptors (Lipinski definition) is 3. The molecule has 100 valence electrons. The summed E-state index contributed by atoms with van der Waals surface area (Å²) in [5, 5.41) is 9.49. The number of amides is 1. The van der Waals surface area contributed by atoms with E-state index < -0.39 is 11.4 Å².